The minimum absolute atomic E-state index is 0.000550. The normalized spacial score (nSPS) is 15.1. The topological polar surface area (TPSA) is 41.6 Å². The van der Waals surface area contributed by atoms with Crippen molar-refractivity contribution in [3.63, 3.8) is 0 Å². The van der Waals surface area contributed by atoms with E-state index in [1.54, 1.807) is 4.90 Å². The lowest BCUT2D eigenvalue weighted by molar-refractivity contribution is 0.202. The second-order valence-electron chi connectivity index (χ2n) is 3.52. The number of rotatable bonds is 4. The number of ether oxygens (including phenoxy) is 1. The Bertz CT molecular complexity index is 367. The molecule has 0 aromatic heterocycles. The van der Waals surface area contributed by atoms with E-state index in [0.717, 1.165) is 23.3 Å². The Kier molecular flexibility index (Phi) is 3.66. The summed E-state index contributed by atoms with van der Waals surface area (Å²) in [5.41, 5.74) is 0. The fourth-order valence-electron chi connectivity index (χ4n) is 1.53. The standard InChI is InChI=1S/C11H13BrN2O2/c12-9-1-3-10(4-2-9)16-8-7-14-6-5-13-11(14)15/h1-4H,5-8H2,(H,13,15). The van der Waals surface area contributed by atoms with Crippen LogP contribution in [-0.4, -0.2) is 37.2 Å². The van der Waals surface area contributed by atoms with E-state index in [1.807, 2.05) is 24.3 Å². The molecule has 1 aliphatic rings. The molecule has 0 bridgehead atoms. The predicted octanol–water partition coefficient (Wildman–Crippen LogP) is 1.85. The first-order chi connectivity index (χ1) is 7.75. The molecule has 0 aliphatic carbocycles. The molecule has 0 unspecified atom stereocenters. The Morgan fingerprint density at radius 2 is 2.12 bits per heavy atom. The fraction of sp³-hybridized carbons (Fsp3) is 0.364. The molecule has 0 spiro atoms. The van der Waals surface area contributed by atoms with Crippen molar-refractivity contribution in [3.05, 3.63) is 28.7 Å². The van der Waals surface area contributed by atoms with Crippen molar-refractivity contribution in [3.8, 4) is 5.75 Å². The van der Waals surface area contributed by atoms with E-state index in [4.69, 9.17) is 4.74 Å². The summed E-state index contributed by atoms with van der Waals surface area (Å²) in [5, 5.41) is 2.75. The van der Waals surface area contributed by atoms with Crippen LogP contribution in [0.3, 0.4) is 0 Å². The first-order valence-electron chi connectivity index (χ1n) is 5.17. The van der Waals surface area contributed by atoms with Gasteiger partial charge in [-0.3, -0.25) is 0 Å². The van der Waals surface area contributed by atoms with Gasteiger partial charge in [-0.1, -0.05) is 15.9 Å². The van der Waals surface area contributed by atoms with Crippen LogP contribution in [0.4, 0.5) is 4.79 Å². The summed E-state index contributed by atoms with van der Waals surface area (Å²) in [6.07, 6.45) is 0. The highest BCUT2D eigenvalue weighted by molar-refractivity contribution is 9.10. The zero-order valence-electron chi connectivity index (χ0n) is 8.78. The van der Waals surface area contributed by atoms with E-state index < -0.39 is 0 Å². The van der Waals surface area contributed by atoms with E-state index in [9.17, 15) is 4.79 Å². The molecule has 0 radical (unpaired) electrons. The summed E-state index contributed by atoms with van der Waals surface area (Å²) in [6.45, 7) is 2.65. The van der Waals surface area contributed by atoms with Crippen LogP contribution in [-0.2, 0) is 0 Å². The average Bonchev–Trinajstić information content (AvgIpc) is 2.68. The Morgan fingerprint density at radius 1 is 1.38 bits per heavy atom. The second kappa shape index (κ2) is 5.21. The number of hydrogen-bond acceptors (Lipinski definition) is 2. The van der Waals surface area contributed by atoms with Gasteiger partial charge >= 0.3 is 6.03 Å². The molecule has 1 aliphatic heterocycles. The van der Waals surface area contributed by atoms with Crippen molar-refractivity contribution in [1.82, 2.24) is 10.2 Å². The molecule has 1 aromatic carbocycles. The number of benzene rings is 1. The zero-order chi connectivity index (χ0) is 11.4. The summed E-state index contributed by atoms with van der Waals surface area (Å²) in [5.74, 6) is 0.822. The largest absolute Gasteiger partial charge is 0.492 e. The first kappa shape index (κ1) is 11.3. The molecular formula is C11H13BrN2O2. The number of halogens is 1. The quantitative estimate of drug-likeness (QED) is 0.917. The molecule has 86 valence electrons. The highest BCUT2D eigenvalue weighted by Gasteiger charge is 2.18. The van der Waals surface area contributed by atoms with Gasteiger partial charge in [0, 0.05) is 17.6 Å². The highest BCUT2D eigenvalue weighted by atomic mass is 79.9. The molecule has 16 heavy (non-hydrogen) atoms. The van der Waals surface area contributed by atoms with Gasteiger partial charge in [0.1, 0.15) is 12.4 Å². The molecule has 1 aromatic rings. The molecule has 2 rings (SSSR count). The van der Waals surface area contributed by atoms with Crippen molar-refractivity contribution >= 4 is 22.0 Å². The van der Waals surface area contributed by atoms with Crippen molar-refractivity contribution in [2.45, 2.75) is 0 Å². The van der Waals surface area contributed by atoms with Crippen LogP contribution < -0.4 is 10.1 Å². The Labute approximate surface area is 103 Å². The van der Waals surface area contributed by atoms with Crippen molar-refractivity contribution < 1.29 is 9.53 Å². The van der Waals surface area contributed by atoms with Crippen LogP contribution in [0.25, 0.3) is 0 Å². The van der Waals surface area contributed by atoms with Crippen molar-refractivity contribution in [2.75, 3.05) is 26.2 Å². The van der Waals surface area contributed by atoms with Gasteiger partial charge in [0.2, 0.25) is 0 Å². The number of urea groups is 1. The fourth-order valence-corrected chi connectivity index (χ4v) is 1.79. The molecule has 2 amide bonds. The van der Waals surface area contributed by atoms with Crippen LogP contribution in [0, 0.1) is 0 Å². The van der Waals surface area contributed by atoms with Crippen LogP contribution in [0.5, 0.6) is 5.75 Å². The van der Waals surface area contributed by atoms with E-state index in [1.165, 1.54) is 0 Å². The van der Waals surface area contributed by atoms with Gasteiger partial charge < -0.3 is 15.0 Å². The molecule has 1 fully saturated rings. The van der Waals surface area contributed by atoms with Gasteiger partial charge in [0.15, 0.2) is 0 Å². The second-order valence-corrected chi connectivity index (χ2v) is 4.44. The SMILES string of the molecule is O=C1NCCN1CCOc1ccc(Br)cc1. The third-order valence-corrected chi connectivity index (χ3v) is 2.92. The number of nitrogens with one attached hydrogen (secondary N) is 1. The predicted molar refractivity (Wildman–Crippen MR) is 64.6 cm³/mol. The molecule has 0 saturated carbocycles. The van der Waals surface area contributed by atoms with Crippen LogP contribution >= 0.6 is 15.9 Å². The Balaban J connectivity index is 1.75. The lowest BCUT2D eigenvalue weighted by atomic mass is 10.3. The van der Waals surface area contributed by atoms with E-state index >= 15 is 0 Å². The lowest BCUT2D eigenvalue weighted by Crippen LogP contribution is -2.31. The van der Waals surface area contributed by atoms with Crippen LogP contribution in [0.15, 0.2) is 28.7 Å². The maximum atomic E-state index is 11.2. The maximum absolute atomic E-state index is 11.2. The van der Waals surface area contributed by atoms with Gasteiger partial charge in [0.05, 0.1) is 6.54 Å². The summed E-state index contributed by atoms with van der Waals surface area (Å²) >= 11 is 3.36. The lowest BCUT2D eigenvalue weighted by Gasteiger charge is -2.14. The third-order valence-electron chi connectivity index (χ3n) is 2.39. The molecule has 1 N–H and O–H groups in total. The molecule has 1 saturated heterocycles. The zero-order valence-corrected chi connectivity index (χ0v) is 10.4. The average molecular weight is 285 g/mol. The minimum atomic E-state index is -0.000550. The summed E-state index contributed by atoms with van der Waals surface area (Å²) < 4.78 is 6.56. The summed E-state index contributed by atoms with van der Waals surface area (Å²) in [6, 6.07) is 7.65. The minimum Gasteiger partial charge on any atom is -0.492 e. The van der Waals surface area contributed by atoms with Gasteiger partial charge in [-0.2, -0.15) is 0 Å². The van der Waals surface area contributed by atoms with Gasteiger partial charge in [-0.05, 0) is 24.3 Å². The highest BCUT2D eigenvalue weighted by Crippen LogP contribution is 2.15. The first-order valence-corrected chi connectivity index (χ1v) is 5.96. The molecule has 1 heterocycles. The number of carbonyl (C=O) groups excluding carboxylic acids is 1. The number of hydrogen-bond donors (Lipinski definition) is 1. The molecule has 5 heteroatoms. The molecular weight excluding hydrogens is 272 g/mol. The van der Waals surface area contributed by atoms with Crippen molar-refractivity contribution in [2.24, 2.45) is 0 Å². The molecule has 0 atom stereocenters. The smallest absolute Gasteiger partial charge is 0.317 e. The summed E-state index contributed by atoms with van der Waals surface area (Å²) in [4.78, 5) is 13.0. The van der Waals surface area contributed by atoms with E-state index in [-0.39, 0.29) is 6.03 Å². The number of carbonyl (C=O) groups is 1. The maximum Gasteiger partial charge on any atom is 0.317 e. The monoisotopic (exact) mass is 284 g/mol. The number of amides is 2. The third kappa shape index (κ3) is 2.88. The Hall–Kier alpha value is -1.23. The number of nitrogens with zero attached hydrogens (tertiary/aromatic N) is 1. The van der Waals surface area contributed by atoms with Crippen LogP contribution in [0.1, 0.15) is 0 Å². The molecule has 4 nitrogen and oxygen atoms in total. The van der Waals surface area contributed by atoms with Gasteiger partial charge in [0.25, 0.3) is 0 Å². The summed E-state index contributed by atoms with van der Waals surface area (Å²) in [7, 11) is 0. The van der Waals surface area contributed by atoms with Crippen LogP contribution in [0.2, 0.25) is 0 Å². The van der Waals surface area contributed by atoms with Crippen molar-refractivity contribution in [1.29, 1.82) is 0 Å². The van der Waals surface area contributed by atoms with Gasteiger partial charge in [-0.15, -0.1) is 0 Å². The van der Waals surface area contributed by atoms with E-state index in [0.29, 0.717) is 13.2 Å². The van der Waals surface area contributed by atoms with Gasteiger partial charge in [-0.25, -0.2) is 4.79 Å². The Morgan fingerprint density at radius 3 is 2.75 bits per heavy atom. The van der Waals surface area contributed by atoms with E-state index in [2.05, 4.69) is 21.2 Å².